The van der Waals surface area contributed by atoms with Crippen LogP contribution in [0.15, 0.2) is 170 Å². The van der Waals surface area contributed by atoms with Gasteiger partial charge in [-0.15, -0.1) is 22.7 Å². The molecule has 0 amide bonds. The summed E-state index contributed by atoms with van der Waals surface area (Å²) in [6.07, 6.45) is 21.1. The van der Waals surface area contributed by atoms with Crippen molar-refractivity contribution in [3.05, 3.63) is 207 Å². The highest BCUT2D eigenvalue weighted by molar-refractivity contribution is 7.20. The number of hydrogen-bond acceptors (Lipinski definition) is 5. The Hall–Kier alpha value is -6.24. The Bertz CT molecular complexity index is 3300. The molecule has 64 heavy (non-hydrogen) atoms. The fourth-order valence-corrected chi connectivity index (χ4v) is 13.7. The van der Waals surface area contributed by atoms with E-state index in [-0.39, 0.29) is 17.5 Å². The van der Waals surface area contributed by atoms with Gasteiger partial charge in [0, 0.05) is 47.3 Å². The number of benzene rings is 5. The van der Waals surface area contributed by atoms with Crippen LogP contribution in [0.25, 0.3) is 71.3 Å². The molecule has 3 aromatic heterocycles. The van der Waals surface area contributed by atoms with E-state index >= 15 is 0 Å². The first-order valence-electron chi connectivity index (χ1n) is 22.7. The summed E-state index contributed by atoms with van der Waals surface area (Å²) in [5.74, 6) is 2.00. The molecule has 0 bridgehead atoms. The summed E-state index contributed by atoms with van der Waals surface area (Å²) in [6.45, 7) is 7.12. The number of allylic oxidation sites excluding steroid dienone is 7. The van der Waals surface area contributed by atoms with Crippen LogP contribution < -0.4 is 0 Å². The van der Waals surface area contributed by atoms with Crippen molar-refractivity contribution in [3.63, 3.8) is 0 Å². The summed E-state index contributed by atoms with van der Waals surface area (Å²) in [6, 6.07) is 46.6. The highest BCUT2D eigenvalue weighted by Gasteiger charge is 2.49. The second kappa shape index (κ2) is 15.5. The average molecular weight is 864 g/mol. The maximum atomic E-state index is 5.34. The molecular weight excluding hydrogens is 815 g/mol. The van der Waals surface area contributed by atoms with Gasteiger partial charge in [0.2, 0.25) is 0 Å². The van der Waals surface area contributed by atoms with Gasteiger partial charge in [-0.25, -0.2) is 9.97 Å². The van der Waals surface area contributed by atoms with Gasteiger partial charge in [-0.3, -0.25) is 4.90 Å². The normalized spacial score (nSPS) is 22.6. The van der Waals surface area contributed by atoms with Gasteiger partial charge >= 0.3 is 0 Å². The fourth-order valence-electron chi connectivity index (χ4n) is 10.9. The van der Waals surface area contributed by atoms with E-state index in [4.69, 9.17) is 9.97 Å². The number of rotatable bonds is 6. The predicted octanol–water partition coefficient (Wildman–Crippen LogP) is 15.9. The van der Waals surface area contributed by atoms with Crippen molar-refractivity contribution in [3.8, 4) is 33.9 Å². The number of nitrogens with zero attached hydrogens (tertiary/aromatic N) is 3. The van der Waals surface area contributed by atoms with Gasteiger partial charge in [0.25, 0.3) is 0 Å². The molecule has 5 unspecified atom stereocenters. The van der Waals surface area contributed by atoms with E-state index in [0.717, 1.165) is 46.7 Å². The maximum Gasteiger partial charge on any atom is 0.160 e. The molecule has 0 saturated carbocycles. The Balaban J connectivity index is 0.974. The number of hydrogen-bond donors (Lipinski definition) is 0. The molecule has 5 atom stereocenters. The minimum Gasteiger partial charge on any atom is -0.285 e. The Morgan fingerprint density at radius 3 is 2.25 bits per heavy atom. The monoisotopic (exact) mass is 863 g/mol. The van der Waals surface area contributed by atoms with Crippen LogP contribution in [0.5, 0.6) is 0 Å². The Kier molecular flexibility index (Phi) is 9.52. The summed E-state index contributed by atoms with van der Waals surface area (Å²) in [7, 11) is 2.34. The van der Waals surface area contributed by atoms with Crippen LogP contribution in [0.4, 0.5) is 0 Å². The predicted molar refractivity (Wildman–Crippen MR) is 273 cm³/mol. The number of likely N-dealkylation sites (N-methyl/N-ethyl adjacent to an activating group) is 1. The number of aromatic nitrogens is 2. The third-order valence-corrected chi connectivity index (χ3v) is 16.8. The van der Waals surface area contributed by atoms with E-state index in [9.17, 15) is 0 Å². The molecule has 0 spiro atoms. The van der Waals surface area contributed by atoms with Crippen molar-refractivity contribution < 1.29 is 0 Å². The van der Waals surface area contributed by atoms with Crippen molar-refractivity contribution in [2.45, 2.75) is 57.0 Å². The third-order valence-electron chi connectivity index (χ3n) is 14.3. The molecule has 0 saturated heterocycles. The van der Waals surface area contributed by atoms with Crippen LogP contribution in [0.1, 0.15) is 89.1 Å². The summed E-state index contributed by atoms with van der Waals surface area (Å²) in [5, 5.41) is 2.78. The quantitative estimate of drug-likeness (QED) is 0.167. The van der Waals surface area contributed by atoms with Crippen molar-refractivity contribution in [2.24, 2.45) is 5.92 Å². The van der Waals surface area contributed by atoms with Gasteiger partial charge < -0.3 is 0 Å². The van der Waals surface area contributed by atoms with E-state index in [0.29, 0.717) is 11.8 Å². The Morgan fingerprint density at radius 2 is 1.42 bits per heavy atom. The molecule has 1 aliphatic heterocycles. The smallest absolute Gasteiger partial charge is 0.160 e. The van der Waals surface area contributed by atoms with E-state index in [2.05, 4.69) is 209 Å². The highest BCUT2D eigenvalue weighted by Crippen LogP contribution is 2.57. The van der Waals surface area contributed by atoms with Gasteiger partial charge in [-0.1, -0.05) is 166 Å². The van der Waals surface area contributed by atoms with Crippen LogP contribution in [0.3, 0.4) is 0 Å². The maximum absolute atomic E-state index is 5.34. The minimum atomic E-state index is -0.307. The lowest BCUT2D eigenvalue weighted by molar-refractivity contribution is 0.118. The molecule has 3 aliphatic carbocycles. The first kappa shape index (κ1) is 39.4. The van der Waals surface area contributed by atoms with Crippen molar-refractivity contribution in [2.75, 3.05) is 7.05 Å². The van der Waals surface area contributed by atoms with Crippen LogP contribution in [0, 0.1) is 5.92 Å². The van der Waals surface area contributed by atoms with Crippen molar-refractivity contribution in [1.29, 1.82) is 0 Å². The zero-order chi connectivity index (χ0) is 43.1. The van der Waals surface area contributed by atoms with Gasteiger partial charge in [0.15, 0.2) is 5.82 Å². The second-order valence-electron chi connectivity index (χ2n) is 18.4. The summed E-state index contributed by atoms with van der Waals surface area (Å²) in [5.41, 5.74) is 14.2. The molecule has 0 radical (unpaired) electrons. The molecule has 3 nitrogen and oxygen atoms in total. The third kappa shape index (κ3) is 6.47. The van der Waals surface area contributed by atoms with Gasteiger partial charge in [0.05, 0.1) is 17.4 Å². The average Bonchev–Trinajstić information content (AvgIpc) is 3.91. The van der Waals surface area contributed by atoms with Crippen LogP contribution >= 0.6 is 22.7 Å². The zero-order valence-electron chi connectivity index (χ0n) is 36.6. The standard InChI is InChI=1S/C59H49N3S2/c1-36-14-10-18-41(32-36)38-26-28-40(29-27-38)50-34-49(39-16-6-5-7-17-39)60-58(61-50)43-20-12-19-42(33-43)55-57-54(46-21-8-9-24-51(46)63-57)48-31-30-44(35-59(48,3)62(55)4)45-22-13-23-47-53-37(2)15-11-25-52(53)64-56(45)47/h5-14,16-31,33-37,48,55H,15,32H2,1-4H3. The molecule has 4 aliphatic rings. The fraction of sp³-hybridized carbons (Fsp3) is 0.186. The van der Waals surface area contributed by atoms with Gasteiger partial charge in [-0.2, -0.15) is 0 Å². The SMILES string of the molecule is CC1C=CC=C(c2ccc(-c3cc(-c4ccccc4)nc(-c4cccc(C5c6sc7ccccc7c6C6C=CC(c7cccc8c9c(sc78)C=CCC9C)=CC6(C)N5C)c4)n3)cc2)C1. The summed E-state index contributed by atoms with van der Waals surface area (Å²) < 4.78 is 2.74. The molecule has 5 heteroatoms. The lowest BCUT2D eigenvalue weighted by atomic mass is 9.69. The topological polar surface area (TPSA) is 29.0 Å². The molecular formula is C59H49N3S2. The van der Waals surface area contributed by atoms with E-state index < -0.39 is 0 Å². The molecule has 312 valence electrons. The molecule has 0 fully saturated rings. The minimum absolute atomic E-state index is 0.0180. The van der Waals surface area contributed by atoms with E-state index in [1.165, 1.54) is 68.9 Å². The molecule has 0 N–H and O–H groups in total. The number of fused-ring (bicyclic) bond motifs is 8. The van der Waals surface area contributed by atoms with Crippen LogP contribution in [-0.4, -0.2) is 27.5 Å². The largest absolute Gasteiger partial charge is 0.285 e. The first-order valence-corrected chi connectivity index (χ1v) is 24.3. The lowest BCUT2D eigenvalue weighted by Crippen LogP contribution is -2.52. The zero-order valence-corrected chi connectivity index (χ0v) is 38.3. The van der Waals surface area contributed by atoms with Gasteiger partial charge in [-0.05, 0) is 113 Å². The second-order valence-corrected chi connectivity index (χ2v) is 20.6. The Labute approximate surface area is 384 Å². The van der Waals surface area contributed by atoms with Gasteiger partial charge in [0.1, 0.15) is 0 Å². The number of thiophene rings is 2. The molecule has 12 rings (SSSR count). The van der Waals surface area contributed by atoms with Crippen LogP contribution in [0.2, 0.25) is 0 Å². The summed E-state index contributed by atoms with van der Waals surface area (Å²) in [4.78, 5) is 16.1. The van der Waals surface area contributed by atoms with E-state index in [1.54, 1.807) is 0 Å². The summed E-state index contributed by atoms with van der Waals surface area (Å²) >= 11 is 3.91. The Morgan fingerprint density at radius 1 is 0.688 bits per heavy atom. The highest BCUT2D eigenvalue weighted by atomic mass is 32.1. The first-order chi connectivity index (χ1) is 31.3. The van der Waals surface area contributed by atoms with Crippen molar-refractivity contribution >= 4 is 60.1 Å². The molecule has 4 heterocycles. The lowest BCUT2D eigenvalue weighted by Gasteiger charge is -2.51. The van der Waals surface area contributed by atoms with Crippen LogP contribution in [-0.2, 0) is 0 Å². The van der Waals surface area contributed by atoms with Crippen molar-refractivity contribution in [1.82, 2.24) is 14.9 Å². The molecule has 5 aromatic carbocycles. The van der Waals surface area contributed by atoms with E-state index in [1.807, 2.05) is 22.7 Å². The molecule has 8 aromatic rings.